The van der Waals surface area contributed by atoms with Gasteiger partial charge in [-0.3, -0.25) is 19.7 Å². The van der Waals surface area contributed by atoms with Crippen LogP contribution in [0, 0.1) is 0 Å². The Kier molecular flexibility index (Phi) is 3.23. The number of hydrogen-bond acceptors (Lipinski definition) is 4. The zero-order valence-corrected chi connectivity index (χ0v) is 10.9. The summed E-state index contributed by atoms with van der Waals surface area (Å²) in [5, 5.41) is 5.44. The third-order valence-corrected chi connectivity index (χ3v) is 3.57. The standard InChI is InChI=1S/C14H15N3O3/c18-12-7-17(8-13(19)16-12)14(20)10-2-1-9-3-4-15-6-11(9)5-10/h1-2,5,15H,3-4,6-8H2,(H,16,18,19). The lowest BCUT2D eigenvalue weighted by atomic mass is 9.98. The van der Waals surface area contributed by atoms with Gasteiger partial charge in [0, 0.05) is 12.1 Å². The van der Waals surface area contributed by atoms with Crippen molar-refractivity contribution < 1.29 is 14.4 Å². The summed E-state index contributed by atoms with van der Waals surface area (Å²) in [5.74, 6) is -1.15. The molecule has 0 unspecified atom stereocenters. The van der Waals surface area contributed by atoms with Crippen molar-refractivity contribution in [1.82, 2.24) is 15.5 Å². The molecule has 3 rings (SSSR count). The van der Waals surface area contributed by atoms with E-state index in [1.807, 2.05) is 12.1 Å². The molecule has 0 atom stereocenters. The van der Waals surface area contributed by atoms with Gasteiger partial charge in [-0.05, 0) is 36.2 Å². The summed E-state index contributed by atoms with van der Waals surface area (Å²) < 4.78 is 0. The van der Waals surface area contributed by atoms with Crippen LogP contribution in [0.1, 0.15) is 21.5 Å². The molecule has 2 N–H and O–H groups in total. The lowest BCUT2D eigenvalue weighted by molar-refractivity contribution is -0.135. The summed E-state index contributed by atoms with van der Waals surface area (Å²) in [5.41, 5.74) is 2.87. The van der Waals surface area contributed by atoms with Crippen molar-refractivity contribution in [2.75, 3.05) is 19.6 Å². The first kappa shape index (κ1) is 12.8. The second-order valence-electron chi connectivity index (χ2n) is 5.04. The molecule has 0 aliphatic carbocycles. The minimum atomic E-state index is -0.436. The van der Waals surface area contributed by atoms with E-state index in [0.717, 1.165) is 25.1 Å². The number of nitrogens with zero attached hydrogens (tertiary/aromatic N) is 1. The van der Waals surface area contributed by atoms with Crippen molar-refractivity contribution in [2.24, 2.45) is 0 Å². The number of imide groups is 1. The average Bonchev–Trinajstić information content (AvgIpc) is 2.45. The Hall–Kier alpha value is -2.21. The molecule has 1 fully saturated rings. The smallest absolute Gasteiger partial charge is 0.254 e. The predicted octanol–water partition coefficient (Wildman–Crippen LogP) is -0.569. The number of amides is 3. The van der Waals surface area contributed by atoms with Crippen LogP contribution in [-0.4, -0.2) is 42.3 Å². The molecule has 0 saturated carbocycles. The summed E-state index contributed by atoms with van der Waals surface area (Å²) in [6, 6.07) is 5.57. The normalized spacial score (nSPS) is 18.5. The molecule has 2 aliphatic heterocycles. The van der Waals surface area contributed by atoms with Gasteiger partial charge in [0.05, 0.1) is 0 Å². The lowest BCUT2D eigenvalue weighted by Gasteiger charge is -2.26. The van der Waals surface area contributed by atoms with Gasteiger partial charge in [0.1, 0.15) is 13.1 Å². The first-order valence-corrected chi connectivity index (χ1v) is 6.58. The van der Waals surface area contributed by atoms with Crippen LogP contribution in [0.3, 0.4) is 0 Å². The lowest BCUT2D eigenvalue weighted by Crippen LogP contribution is -2.53. The first-order chi connectivity index (χ1) is 9.63. The van der Waals surface area contributed by atoms with Crippen molar-refractivity contribution in [3.63, 3.8) is 0 Å². The van der Waals surface area contributed by atoms with E-state index >= 15 is 0 Å². The van der Waals surface area contributed by atoms with Crippen LogP contribution in [0.4, 0.5) is 0 Å². The molecule has 20 heavy (non-hydrogen) atoms. The maximum Gasteiger partial charge on any atom is 0.254 e. The Labute approximate surface area is 116 Å². The summed E-state index contributed by atoms with van der Waals surface area (Å²) in [6.45, 7) is 1.55. The zero-order valence-electron chi connectivity index (χ0n) is 10.9. The van der Waals surface area contributed by atoms with Crippen LogP contribution in [0.15, 0.2) is 18.2 Å². The number of piperazine rings is 1. The van der Waals surface area contributed by atoms with E-state index in [-0.39, 0.29) is 19.0 Å². The highest BCUT2D eigenvalue weighted by molar-refractivity contribution is 6.05. The second kappa shape index (κ2) is 5.05. The molecule has 104 valence electrons. The average molecular weight is 273 g/mol. The number of nitrogens with one attached hydrogen (secondary N) is 2. The van der Waals surface area contributed by atoms with Gasteiger partial charge in [-0.15, -0.1) is 0 Å². The highest BCUT2D eigenvalue weighted by atomic mass is 16.2. The summed E-state index contributed by atoms with van der Waals surface area (Å²) in [6.07, 6.45) is 0.953. The molecule has 6 heteroatoms. The molecule has 1 aromatic carbocycles. The number of carbonyl (C=O) groups excluding carboxylic acids is 3. The minimum Gasteiger partial charge on any atom is -0.320 e. The summed E-state index contributed by atoms with van der Waals surface area (Å²) in [4.78, 5) is 36.3. The maximum absolute atomic E-state index is 12.3. The van der Waals surface area contributed by atoms with Crippen molar-refractivity contribution in [3.05, 3.63) is 34.9 Å². The Morgan fingerprint density at radius 3 is 2.60 bits per heavy atom. The van der Waals surface area contributed by atoms with Gasteiger partial charge in [-0.1, -0.05) is 6.07 Å². The Bertz CT molecular complexity index is 581. The maximum atomic E-state index is 12.3. The van der Waals surface area contributed by atoms with Crippen molar-refractivity contribution in [3.8, 4) is 0 Å². The summed E-state index contributed by atoms with van der Waals surface area (Å²) >= 11 is 0. The van der Waals surface area contributed by atoms with Gasteiger partial charge in [0.15, 0.2) is 0 Å². The number of rotatable bonds is 1. The molecule has 1 aromatic rings. The van der Waals surface area contributed by atoms with Crippen LogP contribution in [0.5, 0.6) is 0 Å². The molecule has 0 bridgehead atoms. The number of fused-ring (bicyclic) bond motifs is 1. The topological polar surface area (TPSA) is 78.5 Å². The van der Waals surface area contributed by atoms with Crippen LogP contribution >= 0.6 is 0 Å². The highest BCUT2D eigenvalue weighted by Gasteiger charge is 2.27. The number of hydrogen-bond donors (Lipinski definition) is 2. The van der Waals surface area contributed by atoms with E-state index in [0.29, 0.717) is 5.56 Å². The Morgan fingerprint density at radius 1 is 1.10 bits per heavy atom. The van der Waals surface area contributed by atoms with Crippen molar-refractivity contribution in [2.45, 2.75) is 13.0 Å². The quantitative estimate of drug-likeness (QED) is 0.672. The fourth-order valence-corrected chi connectivity index (χ4v) is 2.58. The van der Waals surface area contributed by atoms with Crippen molar-refractivity contribution in [1.29, 1.82) is 0 Å². The highest BCUT2D eigenvalue weighted by Crippen LogP contribution is 2.17. The van der Waals surface area contributed by atoms with E-state index in [1.54, 1.807) is 6.07 Å². The molecule has 1 saturated heterocycles. The Morgan fingerprint density at radius 2 is 1.85 bits per heavy atom. The van der Waals surface area contributed by atoms with Gasteiger partial charge >= 0.3 is 0 Å². The van der Waals surface area contributed by atoms with Crippen LogP contribution in [0.2, 0.25) is 0 Å². The predicted molar refractivity (Wildman–Crippen MR) is 70.9 cm³/mol. The number of benzene rings is 1. The Balaban J connectivity index is 1.83. The molecular weight excluding hydrogens is 258 g/mol. The minimum absolute atomic E-state index is 0.0695. The van der Waals surface area contributed by atoms with Crippen LogP contribution in [0.25, 0.3) is 0 Å². The van der Waals surface area contributed by atoms with Gasteiger partial charge in [0.25, 0.3) is 5.91 Å². The van der Waals surface area contributed by atoms with Gasteiger partial charge < -0.3 is 10.2 Å². The van der Waals surface area contributed by atoms with E-state index in [1.165, 1.54) is 10.5 Å². The van der Waals surface area contributed by atoms with Crippen LogP contribution in [-0.2, 0) is 22.6 Å². The molecule has 2 aliphatic rings. The van der Waals surface area contributed by atoms with Crippen LogP contribution < -0.4 is 10.6 Å². The molecule has 0 radical (unpaired) electrons. The molecule has 0 aromatic heterocycles. The molecule has 3 amide bonds. The SMILES string of the molecule is O=C1CN(C(=O)c2ccc3c(c2)CNCC3)CC(=O)N1. The third kappa shape index (κ3) is 2.42. The number of carbonyl (C=O) groups is 3. The molecule has 0 spiro atoms. The van der Waals surface area contributed by atoms with E-state index < -0.39 is 11.8 Å². The zero-order chi connectivity index (χ0) is 14.1. The first-order valence-electron chi connectivity index (χ1n) is 6.58. The van der Waals surface area contributed by atoms with Gasteiger partial charge in [-0.2, -0.15) is 0 Å². The molecule has 6 nitrogen and oxygen atoms in total. The van der Waals surface area contributed by atoms with Gasteiger partial charge in [0.2, 0.25) is 11.8 Å². The van der Waals surface area contributed by atoms with E-state index in [9.17, 15) is 14.4 Å². The fourth-order valence-electron chi connectivity index (χ4n) is 2.58. The molecule has 2 heterocycles. The largest absolute Gasteiger partial charge is 0.320 e. The molecular formula is C14H15N3O3. The van der Waals surface area contributed by atoms with E-state index in [2.05, 4.69) is 10.6 Å². The third-order valence-electron chi connectivity index (χ3n) is 3.57. The van der Waals surface area contributed by atoms with Crippen molar-refractivity contribution >= 4 is 17.7 Å². The van der Waals surface area contributed by atoms with Gasteiger partial charge in [-0.25, -0.2) is 0 Å². The monoisotopic (exact) mass is 273 g/mol. The second-order valence-corrected chi connectivity index (χ2v) is 5.04. The van der Waals surface area contributed by atoms with E-state index in [4.69, 9.17) is 0 Å². The fraction of sp³-hybridized carbons (Fsp3) is 0.357. The summed E-state index contributed by atoms with van der Waals surface area (Å²) in [7, 11) is 0.